The summed E-state index contributed by atoms with van der Waals surface area (Å²) in [6.07, 6.45) is 0. The lowest BCUT2D eigenvalue weighted by atomic mass is 10.1. The lowest BCUT2D eigenvalue weighted by molar-refractivity contribution is -0.150. The molecule has 2 N–H and O–H groups in total. The number of halogens is 1. The van der Waals surface area contributed by atoms with Gasteiger partial charge in [0.1, 0.15) is 6.04 Å². The summed E-state index contributed by atoms with van der Waals surface area (Å²) in [5.74, 6) is -0.821. The lowest BCUT2D eigenvalue weighted by Gasteiger charge is -2.20. The Hall–Kier alpha value is -2.82. The fourth-order valence-electron chi connectivity index (χ4n) is 2.70. The van der Waals surface area contributed by atoms with Crippen molar-refractivity contribution in [3.63, 3.8) is 0 Å². The third kappa shape index (κ3) is 5.87. The van der Waals surface area contributed by atoms with E-state index in [0.717, 1.165) is 0 Å². The summed E-state index contributed by atoms with van der Waals surface area (Å²) in [5.41, 5.74) is 0.439. The average Bonchev–Trinajstić information content (AvgIpc) is 3.18. The number of hydrogen-bond donors (Lipinski definition) is 2. The molecule has 0 fully saturated rings. The number of amides is 1. The topological polar surface area (TPSA) is 120 Å². The molecular weight excluding hydrogens is 448 g/mol. The Bertz CT molecular complexity index is 1070. The van der Waals surface area contributed by atoms with Crippen LogP contribution in [-0.2, 0) is 24.3 Å². The highest BCUT2D eigenvalue weighted by atomic mass is 35.5. The van der Waals surface area contributed by atoms with Crippen LogP contribution in [0.5, 0.6) is 11.5 Å². The molecule has 0 aromatic heterocycles. The van der Waals surface area contributed by atoms with Gasteiger partial charge in [-0.15, -0.1) is 0 Å². The number of esters is 1. The maximum atomic E-state index is 12.6. The van der Waals surface area contributed by atoms with Crippen LogP contribution in [-0.4, -0.2) is 39.7 Å². The van der Waals surface area contributed by atoms with Crippen molar-refractivity contribution in [3.8, 4) is 11.5 Å². The Morgan fingerprint density at radius 2 is 1.77 bits per heavy atom. The molecule has 1 heterocycles. The number of rotatable bonds is 8. The van der Waals surface area contributed by atoms with Crippen LogP contribution in [0.15, 0.2) is 47.4 Å². The molecule has 31 heavy (non-hydrogen) atoms. The second-order valence-corrected chi connectivity index (χ2v) is 9.17. The van der Waals surface area contributed by atoms with Crippen molar-refractivity contribution in [3.05, 3.63) is 47.5 Å². The van der Waals surface area contributed by atoms with E-state index in [1.807, 2.05) is 0 Å². The van der Waals surface area contributed by atoms with Gasteiger partial charge in [0.25, 0.3) is 5.91 Å². The average molecular weight is 469 g/mol. The summed E-state index contributed by atoms with van der Waals surface area (Å²) < 4.78 is 42.9. The van der Waals surface area contributed by atoms with E-state index in [4.69, 9.17) is 25.8 Å². The number of ether oxygens (including phenoxy) is 3. The van der Waals surface area contributed by atoms with E-state index in [9.17, 15) is 18.0 Å². The zero-order valence-electron chi connectivity index (χ0n) is 16.8. The van der Waals surface area contributed by atoms with Crippen LogP contribution < -0.4 is 19.5 Å². The van der Waals surface area contributed by atoms with E-state index in [1.54, 1.807) is 32.0 Å². The van der Waals surface area contributed by atoms with Crippen molar-refractivity contribution in [1.82, 2.24) is 4.72 Å². The predicted octanol–water partition coefficient (Wildman–Crippen LogP) is 2.55. The number of hydrogen-bond acceptors (Lipinski definition) is 7. The summed E-state index contributed by atoms with van der Waals surface area (Å²) in [6, 6.07) is 9.17. The molecule has 166 valence electrons. The Balaban J connectivity index is 1.58. The molecule has 0 saturated heterocycles. The largest absolute Gasteiger partial charge is 0.454 e. The molecule has 0 saturated carbocycles. The van der Waals surface area contributed by atoms with Gasteiger partial charge >= 0.3 is 5.97 Å². The zero-order valence-corrected chi connectivity index (χ0v) is 18.3. The summed E-state index contributed by atoms with van der Waals surface area (Å²) in [4.78, 5) is 24.6. The number of nitrogens with one attached hydrogen (secondary N) is 2. The molecule has 9 nitrogen and oxygen atoms in total. The molecule has 11 heteroatoms. The van der Waals surface area contributed by atoms with Crippen molar-refractivity contribution in [1.29, 1.82) is 0 Å². The second-order valence-electron chi connectivity index (χ2n) is 7.02. The van der Waals surface area contributed by atoms with E-state index >= 15 is 0 Å². The van der Waals surface area contributed by atoms with Gasteiger partial charge in [-0.2, -0.15) is 4.72 Å². The Morgan fingerprint density at radius 3 is 2.45 bits per heavy atom. The Labute approximate surface area is 184 Å². The van der Waals surface area contributed by atoms with Crippen LogP contribution in [0.25, 0.3) is 0 Å². The van der Waals surface area contributed by atoms with E-state index in [0.29, 0.717) is 22.2 Å². The fraction of sp³-hybridized carbons (Fsp3) is 0.300. The minimum atomic E-state index is -4.00. The third-order valence-electron chi connectivity index (χ3n) is 4.33. The number of sulfonamides is 1. The van der Waals surface area contributed by atoms with E-state index in [2.05, 4.69) is 10.0 Å². The van der Waals surface area contributed by atoms with Gasteiger partial charge in [0.2, 0.25) is 16.8 Å². The third-order valence-corrected chi connectivity index (χ3v) is 6.04. The monoisotopic (exact) mass is 468 g/mol. The molecular formula is C20H21ClN2O7S. The molecule has 2 aromatic carbocycles. The van der Waals surface area contributed by atoms with Gasteiger partial charge in [-0.05, 0) is 42.3 Å². The first-order valence-electron chi connectivity index (χ1n) is 9.30. The molecule has 0 unspecified atom stereocenters. The summed E-state index contributed by atoms with van der Waals surface area (Å²) in [6.45, 7) is 2.83. The highest BCUT2D eigenvalue weighted by Crippen LogP contribution is 2.34. The maximum absolute atomic E-state index is 12.6. The van der Waals surface area contributed by atoms with Gasteiger partial charge in [-0.1, -0.05) is 25.4 Å². The molecule has 1 aliphatic heterocycles. The number of anilines is 1. The van der Waals surface area contributed by atoms with Crippen molar-refractivity contribution < 1.29 is 32.2 Å². The molecule has 3 rings (SSSR count). The molecule has 0 aliphatic carbocycles. The highest BCUT2D eigenvalue weighted by molar-refractivity contribution is 7.89. The van der Waals surface area contributed by atoms with Gasteiger partial charge < -0.3 is 19.5 Å². The van der Waals surface area contributed by atoms with Crippen molar-refractivity contribution in [2.24, 2.45) is 5.92 Å². The van der Waals surface area contributed by atoms with Gasteiger partial charge in [-0.25, -0.2) is 8.42 Å². The minimum absolute atomic E-state index is 0.0455. The standard InChI is InChI=1S/C20H21ClN2O7S/c1-12(2)19(23-31(26,27)15-6-3-13(21)4-7-15)20(25)28-10-18(24)22-14-5-8-16-17(9-14)30-11-29-16/h3-9,12,19,23H,10-11H2,1-2H3,(H,22,24)/t19-/m0/s1. The molecule has 2 aromatic rings. The number of carbonyl (C=O) groups is 2. The smallest absolute Gasteiger partial charge is 0.324 e. The van der Waals surface area contributed by atoms with Crippen molar-refractivity contribution >= 4 is 39.2 Å². The Kier molecular flexibility index (Phi) is 7.04. The van der Waals surface area contributed by atoms with E-state index < -0.39 is 40.5 Å². The lowest BCUT2D eigenvalue weighted by Crippen LogP contribution is -2.45. The maximum Gasteiger partial charge on any atom is 0.324 e. The quantitative estimate of drug-likeness (QED) is 0.571. The van der Waals surface area contributed by atoms with Crippen LogP contribution in [0.3, 0.4) is 0 Å². The van der Waals surface area contributed by atoms with Gasteiger partial charge in [0.05, 0.1) is 4.90 Å². The first-order chi connectivity index (χ1) is 14.7. The van der Waals surface area contributed by atoms with E-state index in [-0.39, 0.29) is 11.7 Å². The van der Waals surface area contributed by atoms with Gasteiger partial charge in [0, 0.05) is 16.8 Å². The number of benzene rings is 2. The van der Waals surface area contributed by atoms with Crippen LogP contribution in [0, 0.1) is 5.92 Å². The highest BCUT2D eigenvalue weighted by Gasteiger charge is 2.30. The first-order valence-corrected chi connectivity index (χ1v) is 11.2. The molecule has 1 amide bonds. The first kappa shape index (κ1) is 22.9. The molecule has 1 aliphatic rings. The van der Waals surface area contributed by atoms with Crippen LogP contribution in [0.4, 0.5) is 5.69 Å². The fourth-order valence-corrected chi connectivity index (χ4v) is 4.16. The summed E-state index contributed by atoms with van der Waals surface area (Å²) >= 11 is 5.78. The van der Waals surface area contributed by atoms with Gasteiger partial charge in [-0.3, -0.25) is 9.59 Å². The van der Waals surface area contributed by atoms with Crippen molar-refractivity contribution in [2.45, 2.75) is 24.8 Å². The van der Waals surface area contributed by atoms with Crippen LogP contribution >= 0.6 is 11.6 Å². The normalized spacial score (nSPS) is 13.7. The SMILES string of the molecule is CC(C)[C@H](NS(=O)(=O)c1ccc(Cl)cc1)C(=O)OCC(=O)Nc1ccc2c(c1)OCO2. The zero-order chi connectivity index (χ0) is 22.6. The number of fused-ring (bicyclic) bond motifs is 1. The molecule has 1 atom stereocenters. The predicted molar refractivity (Wildman–Crippen MR) is 113 cm³/mol. The van der Waals surface area contributed by atoms with Crippen LogP contribution in [0.2, 0.25) is 5.02 Å². The van der Waals surface area contributed by atoms with E-state index in [1.165, 1.54) is 24.3 Å². The summed E-state index contributed by atoms with van der Waals surface area (Å²) in [7, 11) is -4.00. The summed E-state index contributed by atoms with van der Waals surface area (Å²) in [5, 5.41) is 2.95. The Morgan fingerprint density at radius 1 is 1.10 bits per heavy atom. The molecule has 0 spiro atoms. The second kappa shape index (κ2) is 9.54. The minimum Gasteiger partial charge on any atom is -0.454 e. The molecule has 0 radical (unpaired) electrons. The van der Waals surface area contributed by atoms with Crippen molar-refractivity contribution in [2.75, 3.05) is 18.7 Å². The molecule has 0 bridgehead atoms. The van der Waals surface area contributed by atoms with Crippen LogP contribution in [0.1, 0.15) is 13.8 Å². The number of carbonyl (C=O) groups excluding carboxylic acids is 2. The van der Waals surface area contributed by atoms with Gasteiger partial charge in [0.15, 0.2) is 18.1 Å².